The van der Waals surface area contributed by atoms with Crippen molar-refractivity contribution in [1.29, 1.82) is 0 Å². The maximum atomic E-state index is 11.9. The van der Waals surface area contributed by atoms with E-state index in [9.17, 15) is 13.2 Å². The van der Waals surface area contributed by atoms with Crippen LogP contribution in [0.4, 0.5) is 0 Å². The first-order valence-electron chi connectivity index (χ1n) is 6.00. The van der Waals surface area contributed by atoms with Crippen molar-refractivity contribution < 1.29 is 18.3 Å². The van der Waals surface area contributed by atoms with Gasteiger partial charge in [0.2, 0.25) is 0 Å². The van der Waals surface area contributed by atoms with Crippen LogP contribution in [0.15, 0.2) is 24.3 Å². The zero-order chi connectivity index (χ0) is 15.2. The van der Waals surface area contributed by atoms with Crippen molar-refractivity contribution in [2.24, 2.45) is 0 Å². The molecule has 5 nitrogen and oxygen atoms in total. The number of amides is 1. The lowest BCUT2D eigenvalue weighted by atomic mass is 10.1. The van der Waals surface area contributed by atoms with E-state index >= 15 is 0 Å². The van der Waals surface area contributed by atoms with E-state index in [4.69, 9.17) is 5.11 Å². The molecule has 6 heteroatoms. The summed E-state index contributed by atoms with van der Waals surface area (Å²) in [4.78, 5) is 11.9. The smallest absolute Gasteiger partial charge is 0.251 e. The number of aliphatic hydroxyl groups excluding tert-OH is 1. The molecule has 1 amide bonds. The van der Waals surface area contributed by atoms with Gasteiger partial charge in [0.1, 0.15) is 16.4 Å². The highest BCUT2D eigenvalue weighted by molar-refractivity contribution is 7.90. The van der Waals surface area contributed by atoms with Crippen molar-refractivity contribution in [3.63, 3.8) is 0 Å². The second-order valence-electron chi connectivity index (χ2n) is 4.50. The van der Waals surface area contributed by atoms with Crippen molar-refractivity contribution in [3.05, 3.63) is 35.4 Å². The Morgan fingerprint density at radius 1 is 1.35 bits per heavy atom. The van der Waals surface area contributed by atoms with E-state index in [-0.39, 0.29) is 18.3 Å². The molecule has 20 heavy (non-hydrogen) atoms. The second-order valence-corrected chi connectivity index (χ2v) is 6.69. The molecule has 1 unspecified atom stereocenters. The lowest BCUT2D eigenvalue weighted by Gasteiger charge is -2.12. The van der Waals surface area contributed by atoms with Crippen LogP contribution in [-0.4, -0.2) is 44.1 Å². The minimum absolute atomic E-state index is 0.0984. The molecule has 0 radical (unpaired) electrons. The van der Waals surface area contributed by atoms with Gasteiger partial charge in [0.15, 0.2) is 0 Å². The maximum Gasteiger partial charge on any atom is 0.251 e. The first kappa shape index (κ1) is 16.2. The number of sulfone groups is 1. The minimum atomic E-state index is -3.12. The number of aliphatic hydroxyl groups is 1. The molecular weight excluding hydrogens is 278 g/mol. The number of carbonyl (C=O) groups excluding carboxylic acids is 1. The third-order valence-corrected chi connectivity index (χ3v) is 3.49. The molecule has 0 spiro atoms. The van der Waals surface area contributed by atoms with Gasteiger partial charge in [0.05, 0.1) is 5.75 Å². The zero-order valence-electron chi connectivity index (χ0n) is 11.4. The van der Waals surface area contributed by atoms with Crippen LogP contribution in [-0.2, 0) is 9.84 Å². The van der Waals surface area contributed by atoms with Crippen LogP contribution in [0.3, 0.4) is 0 Å². The van der Waals surface area contributed by atoms with Gasteiger partial charge in [-0.15, -0.1) is 0 Å². The fourth-order valence-corrected chi connectivity index (χ4v) is 2.64. The summed E-state index contributed by atoms with van der Waals surface area (Å²) in [5.74, 6) is 4.80. The zero-order valence-corrected chi connectivity index (χ0v) is 12.2. The van der Waals surface area contributed by atoms with Crippen LogP contribution in [0.2, 0.25) is 0 Å². The topological polar surface area (TPSA) is 83.5 Å². The number of nitrogens with one attached hydrogen (secondary N) is 1. The Hall–Kier alpha value is -1.84. The van der Waals surface area contributed by atoms with Gasteiger partial charge in [0, 0.05) is 23.4 Å². The Balaban J connectivity index is 2.68. The van der Waals surface area contributed by atoms with Crippen LogP contribution < -0.4 is 5.32 Å². The molecular formula is C14H17NO4S. The highest BCUT2D eigenvalue weighted by atomic mass is 32.2. The SMILES string of the molecule is CC(CS(C)(=O)=O)NC(=O)c1ccc(C#CCO)cc1. The Bertz CT molecular complexity index is 623. The Kier molecular flexibility index (Phi) is 5.74. The van der Waals surface area contributed by atoms with Crippen LogP contribution in [0, 0.1) is 11.8 Å². The molecule has 0 aliphatic heterocycles. The third kappa shape index (κ3) is 5.87. The van der Waals surface area contributed by atoms with E-state index in [0.717, 1.165) is 6.26 Å². The number of hydrogen-bond acceptors (Lipinski definition) is 4. The molecule has 0 aromatic heterocycles. The number of rotatable bonds is 4. The van der Waals surface area contributed by atoms with Gasteiger partial charge in [0.25, 0.3) is 5.91 Å². The maximum absolute atomic E-state index is 11.9. The molecule has 1 aromatic rings. The number of benzene rings is 1. The summed E-state index contributed by atoms with van der Waals surface area (Å²) in [6.07, 6.45) is 1.13. The molecule has 1 rings (SSSR count). The van der Waals surface area contributed by atoms with E-state index in [0.29, 0.717) is 11.1 Å². The molecule has 2 N–H and O–H groups in total. The molecule has 108 valence electrons. The highest BCUT2D eigenvalue weighted by Crippen LogP contribution is 2.04. The van der Waals surface area contributed by atoms with E-state index in [1.807, 2.05) is 0 Å². The van der Waals surface area contributed by atoms with Crippen molar-refractivity contribution in [2.75, 3.05) is 18.6 Å². The predicted molar refractivity (Wildman–Crippen MR) is 77.0 cm³/mol. The monoisotopic (exact) mass is 295 g/mol. The minimum Gasteiger partial charge on any atom is -0.384 e. The lowest BCUT2D eigenvalue weighted by Crippen LogP contribution is -2.37. The van der Waals surface area contributed by atoms with Gasteiger partial charge in [-0.1, -0.05) is 11.8 Å². The van der Waals surface area contributed by atoms with Crippen LogP contribution in [0.25, 0.3) is 0 Å². The second kappa shape index (κ2) is 7.08. The average Bonchev–Trinajstić information content (AvgIpc) is 2.34. The van der Waals surface area contributed by atoms with Gasteiger partial charge < -0.3 is 10.4 Å². The first-order chi connectivity index (χ1) is 9.31. The van der Waals surface area contributed by atoms with Crippen LogP contribution in [0.5, 0.6) is 0 Å². The van der Waals surface area contributed by atoms with E-state index in [1.54, 1.807) is 31.2 Å². The van der Waals surface area contributed by atoms with Gasteiger partial charge in [-0.3, -0.25) is 4.79 Å². The molecule has 0 saturated heterocycles. The summed E-state index contributed by atoms with van der Waals surface area (Å²) in [5, 5.41) is 11.2. The number of carbonyl (C=O) groups is 1. The Labute approximate surface area is 118 Å². The van der Waals surface area contributed by atoms with Crippen molar-refractivity contribution in [1.82, 2.24) is 5.32 Å². The van der Waals surface area contributed by atoms with Gasteiger partial charge >= 0.3 is 0 Å². The third-order valence-electron chi connectivity index (χ3n) is 2.39. The molecule has 0 aliphatic rings. The molecule has 1 aromatic carbocycles. The fraction of sp³-hybridized carbons (Fsp3) is 0.357. The molecule has 0 fully saturated rings. The molecule has 1 atom stereocenters. The molecule has 0 bridgehead atoms. The highest BCUT2D eigenvalue weighted by Gasteiger charge is 2.14. The van der Waals surface area contributed by atoms with Crippen molar-refractivity contribution >= 4 is 15.7 Å². The summed E-state index contributed by atoms with van der Waals surface area (Å²) >= 11 is 0. The molecule has 0 saturated carbocycles. The van der Waals surface area contributed by atoms with Crippen LogP contribution in [0.1, 0.15) is 22.8 Å². The summed E-state index contributed by atoms with van der Waals surface area (Å²) in [5.41, 5.74) is 1.12. The van der Waals surface area contributed by atoms with E-state index in [1.165, 1.54) is 0 Å². The van der Waals surface area contributed by atoms with Crippen molar-refractivity contribution in [2.45, 2.75) is 13.0 Å². The molecule has 0 heterocycles. The van der Waals surface area contributed by atoms with E-state index < -0.39 is 15.9 Å². The predicted octanol–water partition coefficient (Wildman–Crippen LogP) is 0.193. The quantitative estimate of drug-likeness (QED) is 0.777. The van der Waals surface area contributed by atoms with Crippen LogP contribution >= 0.6 is 0 Å². The standard InChI is InChI=1S/C14H17NO4S/c1-11(10-20(2,18)19)15-14(17)13-7-5-12(6-8-13)4-3-9-16/h5-8,11,16H,9-10H2,1-2H3,(H,15,17). The summed E-state index contributed by atoms with van der Waals surface area (Å²) in [6.45, 7) is 1.42. The largest absolute Gasteiger partial charge is 0.384 e. The Morgan fingerprint density at radius 2 is 1.95 bits per heavy atom. The van der Waals surface area contributed by atoms with Gasteiger partial charge in [-0.05, 0) is 31.2 Å². The van der Waals surface area contributed by atoms with Gasteiger partial charge in [-0.2, -0.15) is 0 Å². The first-order valence-corrected chi connectivity index (χ1v) is 8.06. The fourth-order valence-electron chi connectivity index (χ4n) is 1.65. The molecule has 0 aliphatic carbocycles. The summed E-state index contributed by atoms with van der Waals surface area (Å²) in [6, 6.07) is 6.08. The average molecular weight is 295 g/mol. The van der Waals surface area contributed by atoms with E-state index in [2.05, 4.69) is 17.2 Å². The summed E-state index contributed by atoms with van der Waals surface area (Å²) in [7, 11) is -3.12. The Morgan fingerprint density at radius 3 is 2.45 bits per heavy atom. The van der Waals surface area contributed by atoms with Gasteiger partial charge in [-0.25, -0.2) is 8.42 Å². The van der Waals surface area contributed by atoms with Crippen molar-refractivity contribution in [3.8, 4) is 11.8 Å². The normalized spacial score (nSPS) is 12.2. The summed E-state index contributed by atoms with van der Waals surface area (Å²) < 4.78 is 22.2. The number of hydrogen-bond donors (Lipinski definition) is 2. The lowest BCUT2D eigenvalue weighted by molar-refractivity contribution is 0.0943.